The highest BCUT2D eigenvalue weighted by Crippen LogP contribution is 2.68. The van der Waals surface area contributed by atoms with Crippen LogP contribution in [0, 0.1) is 36.0 Å². The predicted octanol–water partition coefficient (Wildman–Crippen LogP) is 7.35. The number of aromatic amines is 1. The number of epoxide rings is 1. The van der Waals surface area contributed by atoms with Crippen LogP contribution < -0.4 is 0 Å². The number of carbonyl (C=O) groups excluding carboxylic acids is 1. The lowest BCUT2D eigenvalue weighted by Gasteiger charge is -2.63. The zero-order chi connectivity index (χ0) is 32.0. The third kappa shape index (κ3) is 5.29. The fourth-order valence-electron chi connectivity index (χ4n) is 9.62. The van der Waals surface area contributed by atoms with Gasteiger partial charge in [0.15, 0.2) is 6.29 Å². The zero-order valence-corrected chi connectivity index (χ0v) is 27.7. The Hall–Kier alpha value is -2.17. The molecule has 6 heteroatoms. The van der Waals surface area contributed by atoms with Crippen molar-refractivity contribution in [1.82, 2.24) is 4.98 Å². The molecule has 0 spiro atoms. The van der Waals surface area contributed by atoms with Gasteiger partial charge in [0.1, 0.15) is 12.9 Å². The third-order valence-electron chi connectivity index (χ3n) is 12.0. The van der Waals surface area contributed by atoms with Crippen molar-refractivity contribution in [1.29, 1.82) is 0 Å². The van der Waals surface area contributed by atoms with E-state index in [2.05, 4.69) is 69.8 Å². The molecule has 2 saturated carbocycles. The minimum Gasteiger partial charge on any atom is -0.372 e. The number of H-pyrrole nitrogens is 1. The first-order valence-electron chi connectivity index (χ1n) is 16.4. The van der Waals surface area contributed by atoms with Gasteiger partial charge in [-0.2, -0.15) is 0 Å². The van der Waals surface area contributed by atoms with Crippen LogP contribution in [0.15, 0.2) is 24.3 Å². The van der Waals surface area contributed by atoms with E-state index in [1.807, 2.05) is 34.5 Å². The van der Waals surface area contributed by atoms with Crippen LogP contribution >= 0.6 is 0 Å². The summed E-state index contributed by atoms with van der Waals surface area (Å²) in [5, 5.41) is 12.1. The second kappa shape index (κ2) is 12.3. The SMILES string of the molecule is C#C.C=O.CC.CC1(C)OC1[C@@H](O)OC(C)(C)[C@@H]1CCC2C(CC[C@@]3(C)C2CCC2Cc4c([nH]c5ccccc45)[C@@]23C)O1. The van der Waals surface area contributed by atoms with Crippen molar-refractivity contribution in [2.45, 2.75) is 142 Å². The lowest BCUT2D eigenvalue weighted by Crippen LogP contribution is -2.61. The average molecular weight is 594 g/mol. The molecule has 0 amide bonds. The summed E-state index contributed by atoms with van der Waals surface area (Å²) in [5.74, 6) is 2.02. The van der Waals surface area contributed by atoms with E-state index in [-0.39, 0.29) is 34.7 Å². The number of para-hydroxylation sites is 1. The number of fused-ring (bicyclic) bond motifs is 9. The van der Waals surface area contributed by atoms with Crippen molar-refractivity contribution in [2.75, 3.05) is 0 Å². The number of aliphatic hydroxyl groups is 1. The molecule has 0 radical (unpaired) electrons. The number of terminal acetylenes is 1. The van der Waals surface area contributed by atoms with E-state index < -0.39 is 11.9 Å². The smallest absolute Gasteiger partial charge is 0.184 e. The van der Waals surface area contributed by atoms with Gasteiger partial charge in [-0.15, -0.1) is 12.8 Å². The summed E-state index contributed by atoms with van der Waals surface area (Å²) in [6, 6.07) is 8.91. The van der Waals surface area contributed by atoms with Gasteiger partial charge in [-0.1, -0.05) is 45.9 Å². The second-order valence-corrected chi connectivity index (χ2v) is 14.4. The van der Waals surface area contributed by atoms with E-state index >= 15 is 0 Å². The topological polar surface area (TPSA) is 84.1 Å². The van der Waals surface area contributed by atoms with Gasteiger partial charge in [0.05, 0.1) is 23.4 Å². The van der Waals surface area contributed by atoms with Crippen molar-refractivity contribution in [2.24, 2.45) is 23.2 Å². The molecule has 2 aliphatic heterocycles. The van der Waals surface area contributed by atoms with Gasteiger partial charge < -0.3 is 29.1 Å². The highest BCUT2D eigenvalue weighted by atomic mass is 16.7. The molecule has 5 aliphatic rings. The first kappa shape index (κ1) is 33.7. The lowest BCUT2D eigenvalue weighted by atomic mass is 9.43. The second-order valence-electron chi connectivity index (χ2n) is 14.4. The van der Waals surface area contributed by atoms with E-state index in [4.69, 9.17) is 19.0 Å². The molecule has 1 aromatic carbocycles. The standard InChI is InChI=1S/C32H45NO4.C2H6.C2H2.CH2O/c1-29(2,37-28(34)27-30(3,4)36-27)25-14-12-20-22-13-11-18-17-21-19-9-7-8-10-23(19)33-26(21)32(18,6)31(22,5)16-15-24(20)35-25;3*1-2/h7-10,18,20,22,24-25,27-28,33-34H,11-17H2,1-6H3;1-2H3;1-2H;1H2/t18?,20?,22?,24?,25-,27?,28-,31-,32+;;;/m0.../s1. The number of carbonyl (C=O) groups is 1. The molecule has 5 unspecified atom stereocenters. The Balaban J connectivity index is 0.000000666. The van der Waals surface area contributed by atoms with E-state index in [0.717, 1.165) is 18.8 Å². The summed E-state index contributed by atoms with van der Waals surface area (Å²) in [6.45, 7) is 19.4. The van der Waals surface area contributed by atoms with Crippen molar-refractivity contribution >= 4 is 17.7 Å². The molecule has 1 aromatic heterocycles. The van der Waals surface area contributed by atoms with E-state index in [1.165, 1.54) is 48.7 Å². The summed E-state index contributed by atoms with van der Waals surface area (Å²) in [5.41, 5.74) is 4.04. The molecule has 9 atom stereocenters. The molecular weight excluding hydrogens is 538 g/mol. The fraction of sp³-hybridized carbons (Fsp3) is 0.703. The van der Waals surface area contributed by atoms with Crippen LogP contribution in [0.25, 0.3) is 10.9 Å². The minimum absolute atomic E-state index is 0.00617. The Morgan fingerprint density at radius 2 is 1.70 bits per heavy atom. The lowest BCUT2D eigenvalue weighted by molar-refractivity contribution is -0.258. The van der Waals surface area contributed by atoms with Gasteiger partial charge in [0.2, 0.25) is 0 Å². The number of hydrogen-bond donors (Lipinski definition) is 2. The quantitative estimate of drug-likeness (QED) is 0.220. The molecule has 3 heterocycles. The van der Waals surface area contributed by atoms with Crippen LogP contribution in [0.1, 0.15) is 105 Å². The molecule has 2 N–H and O–H groups in total. The molecule has 238 valence electrons. The molecule has 4 fully saturated rings. The highest BCUT2D eigenvalue weighted by molar-refractivity contribution is 5.86. The first-order valence-corrected chi connectivity index (χ1v) is 16.4. The fourth-order valence-corrected chi connectivity index (χ4v) is 9.62. The van der Waals surface area contributed by atoms with Gasteiger partial charge >= 0.3 is 0 Å². The zero-order valence-electron chi connectivity index (χ0n) is 27.7. The Bertz CT molecular complexity index is 1280. The summed E-state index contributed by atoms with van der Waals surface area (Å²) < 4.78 is 18.7. The molecule has 43 heavy (non-hydrogen) atoms. The Morgan fingerprint density at radius 1 is 1.05 bits per heavy atom. The van der Waals surface area contributed by atoms with Crippen molar-refractivity contribution in [3.63, 3.8) is 0 Å². The Morgan fingerprint density at radius 3 is 2.35 bits per heavy atom. The van der Waals surface area contributed by atoms with Crippen LogP contribution in [-0.4, -0.2) is 52.7 Å². The molecule has 2 saturated heterocycles. The van der Waals surface area contributed by atoms with Crippen LogP contribution in [0.3, 0.4) is 0 Å². The summed E-state index contributed by atoms with van der Waals surface area (Å²) >= 11 is 0. The first-order chi connectivity index (χ1) is 20.5. The third-order valence-corrected chi connectivity index (χ3v) is 12.0. The number of benzene rings is 1. The molecule has 3 aliphatic carbocycles. The van der Waals surface area contributed by atoms with Crippen LogP contribution in [0.5, 0.6) is 0 Å². The minimum atomic E-state index is -0.913. The summed E-state index contributed by atoms with van der Waals surface area (Å²) in [7, 11) is 0. The Kier molecular flexibility index (Phi) is 9.66. The number of ether oxygens (including phenoxy) is 3. The van der Waals surface area contributed by atoms with Crippen LogP contribution in [0.4, 0.5) is 0 Å². The van der Waals surface area contributed by atoms with Gasteiger partial charge in [0, 0.05) is 22.0 Å². The van der Waals surface area contributed by atoms with E-state index in [9.17, 15) is 5.11 Å². The number of aliphatic hydroxyl groups excluding tert-OH is 1. The predicted molar refractivity (Wildman–Crippen MR) is 173 cm³/mol. The molecule has 0 bridgehead atoms. The normalized spacial score (nSPS) is 37.3. The van der Waals surface area contributed by atoms with Crippen LogP contribution in [0.2, 0.25) is 0 Å². The van der Waals surface area contributed by atoms with Crippen molar-refractivity contribution in [3.05, 3.63) is 35.5 Å². The number of hydrogen-bond acceptors (Lipinski definition) is 5. The van der Waals surface area contributed by atoms with Gasteiger partial charge in [-0.05, 0) is 107 Å². The van der Waals surface area contributed by atoms with E-state index in [1.54, 1.807) is 5.56 Å². The molecule has 7 rings (SSSR count). The monoisotopic (exact) mass is 593 g/mol. The average Bonchev–Trinajstić information content (AvgIpc) is 3.36. The van der Waals surface area contributed by atoms with Crippen LogP contribution in [-0.2, 0) is 30.8 Å². The largest absolute Gasteiger partial charge is 0.372 e. The van der Waals surface area contributed by atoms with E-state index in [0.29, 0.717) is 11.8 Å². The number of nitrogens with one attached hydrogen (secondary N) is 1. The van der Waals surface area contributed by atoms with Crippen molar-refractivity contribution in [3.8, 4) is 12.8 Å². The summed E-state index contributed by atoms with van der Waals surface area (Å²) in [4.78, 5) is 11.9. The maximum Gasteiger partial charge on any atom is 0.184 e. The number of aromatic nitrogens is 1. The van der Waals surface area contributed by atoms with Gasteiger partial charge in [0.25, 0.3) is 0 Å². The summed E-state index contributed by atoms with van der Waals surface area (Å²) in [6.07, 6.45) is 15.5. The molecule has 2 aromatic rings. The maximum atomic E-state index is 10.7. The highest BCUT2D eigenvalue weighted by Gasteiger charge is 2.65. The van der Waals surface area contributed by atoms with Gasteiger partial charge in [-0.3, -0.25) is 0 Å². The Labute approximate surface area is 259 Å². The number of rotatable bonds is 4. The molecular formula is C37H55NO5. The van der Waals surface area contributed by atoms with Crippen molar-refractivity contribution < 1.29 is 24.1 Å². The van der Waals surface area contributed by atoms with Gasteiger partial charge in [-0.25, -0.2) is 0 Å². The maximum absolute atomic E-state index is 10.7. The molecule has 6 nitrogen and oxygen atoms in total.